The maximum absolute atomic E-state index is 12.3. The second-order valence-corrected chi connectivity index (χ2v) is 4.99. The monoisotopic (exact) mass is 312 g/mol. The number of hydrogen-bond donors (Lipinski definition) is 0. The minimum absolute atomic E-state index is 0.0632. The van der Waals surface area contributed by atoms with Gasteiger partial charge in [-0.3, -0.25) is 14.4 Å². The van der Waals surface area contributed by atoms with Crippen LogP contribution in [-0.2, 0) is 19.1 Å². The molecule has 0 aliphatic carbocycles. The minimum atomic E-state index is -1.04. The molecule has 0 N–H and O–H groups in total. The molecular formula is C18H16O5. The van der Waals surface area contributed by atoms with Gasteiger partial charge in [0.05, 0.1) is 19.4 Å². The Balaban J connectivity index is 2.08. The maximum atomic E-state index is 12.3. The third-order valence-corrected chi connectivity index (χ3v) is 3.31. The van der Waals surface area contributed by atoms with E-state index in [0.717, 1.165) is 10.8 Å². The molecule has 0 aliphatic rings. The molecule has 0 atom stereocenters. The average Bonchev–Trinajstić information content (AvgIpc) is 2.54. The van der Waals surface area contributed by atoms with Crippen LogP contribution in [0.25, 0.3) is 10.8 Å². The fourth-order valence-corrected chi connectivity index (χ4v) is 2.27. The number of Topliss-reactive ketones (excluding diaryl/α,β-unsaturated/α-hetero) is 3. The van der Waals surface area contributed by atoms with Crippen molar-refractivity contribution in [3.63, 3.8) is 0 Å². The Bertz CT molecular complexity index is 771. The number of benzene rings is 2. The molecule has 0 radical (unpaired) electrons. The summed E-state index contributed by atoms with van der Waals surface area (Å²) < 4.78 is 4.53. The van der Waals surface area contributed by atoms with Gasteiger partial charge in [-0.05, 0) is 17.7 Å². The van der Waals surface area contributed by atoms with Crippen LogP contribution >= 0.6 is 0 Å². The second kappa shape index (κ2) is 7.45. The van der Waals surface area contributed by atoms with E-state index in [-0.39, 0.29) is 12.4 Å². The van der Waals surface area contributed by atoms with Crippen LogP contribution in [0.5, 0.6) is 0 Å². The number of esters is 1. The van der Waals surface area contributed by atoms with Gasteiger partial charge in [0.1, 0.15) is 5.78 Å². The Hall–Kier alpha value is -2.82. The van der Waals surface area contributed by atoms with E-state index in [1.165, 1.54) is 0 Å². The van der Waals surface area contributed by atoms with Crippen molar-refractivity contribution in [3.05, 3.63) is 48.0 Å². The highest BCUT2D eigenvalue weighted by molar-refractivity contribution is 6.37. The molecule has 0 aliphatic heterocycles. The smallest absolute Gasteiger partial charge is 0.375 e. The van der Waals surface area contributed by atoms with Crippen molar-refractivity contribution in [3.8, 4) is 0 Å². The maximum Gasteiger partial charge on any atom is 0.375 e. The van der Waals surface area contributed by atoms with Crippen LogP contribution in [0.2, 0.25) is 0 Å². The molecule has 5 heteroatoms. The molecular weight excluding hydrogens is 296 g/mol. The zero-order valence-electron chi connectivity index (χ0n) is 12.7. The van der Waals surface area contributed by atoms with Crippen molar-refractivity contribution in [1.29, 1.82) is 0 Å². The molecule has 0 spiro atoms. The third-order valence-electron chi connectivity index (χ3n) is 3.31. The standard InChI is InChI=1S/C18H16O5/c1-2-23-18(22)17(21)11-13(19)10-16(20)15-9-5-7-12-6-3-4-8-14(12)15/h3-9H,2,10-11H2,1H3. The van der Waals surface area contributed by atoms with Crippen molar-refractivity contribution in [2.24, 2.45) is 0 Å². The van der Waals surface area contributed by atoms with E-state index >= 15 is 0 Å². The van der Waals surface area contributed by atoms with Gasteiger partial charge in [-0.15, -0.1) is 0 Å². The first-order valence-corrected chi connectivity index (χ1v) is 7.25. The number of ketones is 3. The Morgan fingerprint density at radius 3 is 2.35 bits per heavy atom. The number of carbonyl (C=O) groups is 4. The van der Waals surface area contributed by atoms with Crippen molar-refractivity contribution in [2.75, 3.05) is 6.61 Å². The molecule has 0 bridgehead atoms. The molecule has 0 fully saturated rings. The zero-order valence-corrected chi connectivity index (χ0v) is 12.7. The van der Waals surface area contributed by atoms with Crippen LogP contribution in [0.4, 0.5) is 0 Å². The summed E-state index contributed by atoms with van der Waals surface area (Å²) in [4.78, 5) is 46.8. The first-order chi connectivity index (χ1) is 11.0. The summed E-state index contributed by atoms with van der Waals surface area (Å²) in [6.07, 6.45) is -1.03. The first kappa shape index (κ1) is 16.5. The summed E-state index contributed by atoms with van der Waals surface area (Å²) in [5, 5.41) is 1.65. The average molecular weight is 312 g/mol. The van der Waals surface area contributed by atoms with Gasteiger partial charge in [-0.2, -0.15) is 0 Å². The van der Waals surface area contributed by atoms with E-state index < -0.39 is 30.4 Å². The number of hydrogen-bond acceptors (Lipinski definition) is 5. The fourth-order valence-electron chi connectivity index (χ4n) is 2.27. The van der Waals surface area contributed by atoms with Gasteiger partial charge in [-0.1, -0.05) is 42.5 Å². The Kier molecular flexibility index (Phi) is 5.36. The van der Waals surface area contributed by atoms with Crippen molar-refractivity contribution in [1.82, 2.24) is 0 Å². The molecule has 0 unspecified atom stereocenters. The van der Waals surface area contributed by atoms with E-state index in [2.05, 4.69) is 4.74 Å². The summed E-state index contributed by atoms with van der Waals surface area (Å²) in [6.45, 7) is 1.63. The molecule has 118 valence electrons. The van der Waals surface area contributed by atoms with Crippen LogP contribution in [0.3, 0.4) is 0 Å². The van der Waals surface area contributed by atoms with Gasteiger partial charge in [0.15, 0.2) is 5.78 Å². The molecule has 2 aromatic rings. The van der Waals surface area contributed by atoms with Gasteiger partial charge in [0.25, 0.3) is 0 Å². The van der Waals surface area contributed by atoms with Crippen molar-refractivity contribution in [2.45, 2.75) is 19.8 Å². The van der Waals surface area contributed by atoms with E-state index in [9.17, 15) is 19.2 Å². The van der Waals surface area contributed by atoms with Crippen LogP contribution < -0.4 is 0 Å². The van der Waals surface area contributed by atoms with E-state index in [4.69, 9.17) is 0 Å². The normalized spacial score (nSPS) is 10.3. The largest absolute Gasteiger partial charge is 0.460 e. The number of ether oxygens (including phenoxy) is 1. The van der Waals surface area contributed by atoms with Crippen molar-refractivity contribution < 1.29 is 23.9 Å². The number of carbonyl (C=O) groups excluding carboxylic acids is 4. The molecule has 2 rings (SSSR count). The Morgan fingerprint density at radius 1 is 0.913 bits per heavy atom. The lowest BCUT2D eigenvalue weighted by molar-refractivity contribution is -0.154. The second-order valence-electron chi connectivity index (χ2n) is 4.99. The van der Waals surface area contributed by atoms with Crippen molar-refractivity contribution >= 4 is 34.1 Å². The highest BCUT2D eigenvalue weighted by Gasteiger charge is 2.21. The Morgan fingerprint density at radius 2 is 1.61 bits per heavy atom. The number of rotatable bonds is 7. The molecule has 0 heterocycles. The zero-order chi connectivity index (χ0) is 16.8. The minimum Gasteiger partial charge on any atom is -0.460 e. The lowest BCUT2D eigenvalue weighted by Crippen LogP contribution is -2.21. The molecule has 0 aromatic heterocycles. The molecule has 23 heavy (non-hydrogen) atoms. The summed E-state index contributed by atoms with van der Waals surface area (Å²) in [6, 6.07) is 12.6. The number of fused-ring (bicyclic) bond motifs is 1. The van der Waals surface area contributed by atoms with Gasteiger partial charge in [-0.25, -0.2) is 4.79 Å². The highest BCUT2D eigenvalue weighted by Crippen LogP contribution is 2.20. The highest BCUT2D eigenvalue weighted by atomic mass is 16.5. The molecule has 5 nitrogen and oxygen atoms in total. The summed E-state index contributed by atoms with van der Waals surface area (Å²) in [5.74, 6) is -2.94. The van der Waals surface area contributed by atoms with Gasteiger partial charge >= 0.3 is 5.97 Å². The van der Waals surface area contributed by atoms with Crippen LogP contribution in [0.1, 0.15) is 30.1 Å². The summed E-state index contributed by atoms with van der Waals surface area (Å²) in [5.41, 5.74) is 0.431. The molecule has 2 aromatic carbocycles. The SMILES string of the molecule is CCOC(=O)C(=O)CC(=O)CC(=O)c1cccc2ccccc12. The van der Waals surface area contributed by atoms with Crippen LogP contribution in [-0.4, -0.2) is 29.9 Å². The van der Waals surface area contributed by atoms with E-state index in [1.807, 2.05) is 24.3 Å². The summed E-state index contributed by atoms with van der Waals surface area (Å²) >= 11 is 0. The molecule has 0 amide bonds. The van der Waals surface area contributed by atoms with Gasteiger partial charge in [0.2, 0.25) is 5.78 Å². The predicted octanol–water partition coefficient (Wildman–Crippen LogP) is 2.50. The Labute approximate surface area is 133 Å². The lowest BCUT2D eigenvalue weighted by Gasteiger charge is -2.05. The fraction of sp³-hybridized carbons (Fsp3) is 0.222. The molecule has 0 saturated heterocycles. The third kappa shape index (κ3) is 4.10. The lowest BCUT2D eigenvalue weighted by atomic mass is 9.98. The predicted molar refractivity (Wildman–Crippen MR) is 84.2 cm³/mol. The van der Waals surface area contributed by atoms with Crippen LogP contribution in [0.15, 0.2) is 42.5 Å². The van der Waals surface area contributed by atoms with Crippen LogP contribution in [0, 0.1) is 0 Å². The quantitative estimate of drug-likeness (QED) is 0.340. The first-order valence-electron chi connectivity index (χ1n) is 7.25. The van der Waals surface area contributed by atoms with E-state index in [1.54, 1.807) is 25.1 Å². The topological polar surface area (TPSA) is 77.5 Å². The van der Waals surface area contributed by atoms with Gasteiger partial charge in [0, 0.05) is 5.56 Å². The molecule has 0 saturated carbocycles. The van der Waals surface area contributed by atoms with E-state index in [0.29, 0.717) is 5.56 Å². The van der Waals surface area contributed by atoms with Gasteiger partial charge < -0.3 is 4.74 Å². The summed E-state index contributed by atoms with van der Waals surface area (Å²) in [7, 11) is 0.